The van der Waals surface area contributed by atoms with Crippen molar-refractivity contribution < 1.29 is 18.7 Å². The van der Waals surface area contributed by atoms with Gasteiger partial charge in [0.15, 0.2) is 11.6 Å². The lowest BCUT2D eigenvalue weighted by Gasteiger charge is -2.39. The number of ether oxygens (including phenoxy) is 1. The smallest absolute Gasteiger partial charge is 0.261 e. The van der Waals surface area contributed by atoms with E-state index in [1.165, 1.54) is 12.1 Å². The highest BCUT2D eigenvalue weighted by molar-refractivity contribution is 7.28. The summed E-state index contributed by atoms with van der Waals surface area (Å²) in [5.74, 6) is -0.0150. The van der Waals surface area contributed by atoms with Crippen LogP contribution in [-0.2, 0) is 4.79 Å². The number of aromatic nitrogens is 2. The van der Waals surface area contributed by atoms with Gasteiger partial charge in [-0.15, -0.1) is 9.24 Å². The van der Waals surface area contributed by atoms with E-state index in [0.29, 0.717) is 24.2 Å². The van der Waals surface area contributed by atoms with Crippen LogP contribution in [0.3, 0.4) is 0 Å². The van der Waals surface area contributed by atoms with Gasteiger partial charge in [0.2, 0.25) is 5.91 Å². The van der Waals surface area contributed by atoms with Crippen LogP contribution < -0.4 is 19.8 Å². The summed E-state index contributed by atoms with van der Waals surface area (Å²) in [6, 6.07) is 6.12. The molecule has 3 aromatic rings. The average Bonchev–Trinajstić information content (AvgIpc) is 3.09. The number of hydrogen-bond acceptors (Lipinski definition) is 7. The Morgan fingerprint density at radius 2 is 1.98 bits per heavy atom. The summed E-state index contributed by atoms with van der Waals surface area (Å²) in [6.07, 6.45) is 2.98. The van der Waals surface area contributed by atoms with Crippen LogP contribution in [0.5, 0.6) is 5.75 Å². The third-order valence-electron chi connectivity index (χ3n) is 7.41. The molecule has 0 N–H and O–H groups in total. The molecule has 41 heavy (non-hydrogen) atoms. The monoisotopic (exact) mass is 596 g/mol. The van der Waals surface area contributed by atoms with E-state index in [1.54, 1.807) is 40.1 Å². The highest BCUT2D eigenvalue weighted by Crippen LogP contribution is 2.46. The SMILES string of the molecule is C=CC(=O)N1CCN2C(=O)c3c(N(C)c4c(C)ccnc4N(C)C)nc(-c4c(F)cccc4P)c(Cl)c3OC[C@H]2C1. The Morgan fingerprint density at radius 3 is 2.66 bits per heavy atom. The van der Waals surface area contributed by atoms with E-state index in [1.807, 2.05) is 32.0 Å². The maximum absolute atomic E-state index is 15.3. The first-order chi connectivity index (χ1) is 19.5. The normalized spacial score (nSPS) is 16.4. The summed E-state index contributed by atoms with van der Waals surface area (Å²) < 4.78 is 21.6. The zero-order valence-corrected chi connectivity index (χ0v) is 25.2. The third kappa shape index (κ3) is 5.00. The number of aryl methyl sites for hydroxylation is 1. The van der Waals surface area contributed by atoms with Gasteiger partial charge in [0.05, 0.1) is 17.4 Å². The number of hydrogen-bond donors (Lipinski definition) is 0. The van der Waals surface area contributed by atoms with Crippen molar-refractivity contribution in [2.75, 3.05) is 57.2 Å². The van der Waals surface area contributed by atoms with Crippen molar-refractivity contribution in [2.45, 2.75) is 13.0 Å². The van der Waals surface area contributed by atoms with Crippen molar-refractivity contribution in [3.8, 4) is 17.0 Å². The molecule has 12 heteroatoms. The number of carbonyl (C=O) groups excluding carboxylic acids is 2. The fourth-order valence-corrected chi connectivity index (χ4v) is 6.03. The number of nitrogens with zero attached hydrogens (tertiary/aromatic N) is 6. The maximum Gasteiger partial charge on any atom is 0.261 e. The summed E-state index contributed by atoms with van der Waals surface area (Å²) in [7, 11) is 8.06. The average molecular weight is 597 g/mol. The molecule has 9 nitrogen and oxygen atoms in total. The lowest BCUT2D eigenvalue weighted by atomic mass is 10.1. The van der Waals surface area contributed by atoms with Gasteiger partial charge in [0.25, 0.3) is 5.91 Å². The minimum atomic E-state index is -0.511. The molecule has 1 saturated heterocycles. The standard InChI is InChI=1S/C29H31ClFN6O3P/c1-6-20(38)36-12-13-37-17(14-36)15-40-26-22(29(37)39)27(35(5)25-16(2)10-11-32-28(25)34(3)4)33-24(23(26)30)21-18(31)8-7-9-19(21)41/h6-11,17H,1,12-15,41H2,2-5H3/t17-/m1/s1. The second-order valence-corrected chi connectivity index (χ2v) is 11.2. The molecule has 1 unspecified atom stereocenters. The number of piperazine rings is 1. The first kappa shape index (κ1) is 28.8. The largest absolute Gasteiger partial charge is 0.489 e. The summed E-state index contributed by atoms with van der Waals surface area (Å²) in [6.45, 7) is 6.54. The zero-order chi connectivity index (χ0) is 29.6. The quantitative estimate of drug-likeness (QED) is 0.327. The molecule has 0 radical (unpaired) electrons. The molecule has 214 valence electrons. The van der Waals surface area contributed by atoms with Crippen LogP contribution in [0, 0.1) is 12.7 Å². The van der Waals surface area contributed by atoms with Crippen molar-refractivity contribution in [1.82, 2.24) is 19.8 Å². The Bertz CT molecular complexity index is 1550. The number of carbonyl (C=O) groups is 2. The number of pyridine rings is 2. The second kappa shape index (κ2) is 11.3. The predicted octanol–water partition coefficient (Wildman–Crippen LogP) is 3.81. The molecule has 2 atom stereocenters. The Kier molecular flexibility index (Phi) is 7.90. The molecular weight excluding hydrogens is 566 g/mol. The topological polar surface area (TPSA) is 82.1 Å². The second-order valence-electron chi connectivity index (χ2n) is 10.2. The van der Waals surface area contributed by atoms with Crippen LogP contribution in [0.2, 0.25) is 5.02 Å². The molecule has 5 rings (SSSR count). The molecule has 0 aliphatic carbocycles. The fourth-order valence-electron chi connectivity index (χ4n) is 5.36. The van der Waals surface area contributed by atoms with Crippen LogP contribution in [0.15, 0.2) is 43.1 Å². The Balaban J connectivity index is 1.75. The highest BCUT2D eigenvalue weighted by Gasteiger charge is 2.41. The zero-order valence-electron chi connectivity index (χ0n) is 23.3. The highest BCUT2D eigenvalue weighted by atomic mass is 35.5. The molecule has 0 spiro atoms. The van der Waals surface area contributed by atoms with Crippen molar-refractivity contribution in [3.05, 3.63) is 65.1 Å². The lowest BCUT2D eigenvalue weighted by Crippen LogP contribution is -2.57. The molecule has 0 bridgehead atoms. The summed E-state index contributed by atoms with van der Waals surface area (Å²) in [4.78, 5) is 43.1. The summed E-state index contributed by atoms with van der Waals surface area (Å²) in [5.41, 5.74) is 2.13. The van der Waals surface area contributed by atoms with E-state index < -0.39 is 11.9 Å². The van der Waals surface area contributed by atoms with Crippen molar-refractivity contribution >= 4 is 55.3 Å². The molecule has 4 heterocycles. The van der Waals surface area contributed by atoms with Crippen LogP contribution >= 0.6 is 20.8 Å². The van der Waals surface area contributed by atoms with Gasteiger partial charge in [0.1, 0.15) is 28.8 Å². The Hall–Kier alpha value is -3.75. The first-order valence-electron chi connectivity index (χ1n) is 13.0. The molecule has 0 saturated carbocycles. The van der Waals surface area contributed by atoms with Gasteiger partial charge in [-0.3, -0.25) is 9.59 Å². The summed E-state index contributed by atoms with van der Waals surface area (Å²) >= 11 is 6.93. The Morgan fingerprint density at radius 1 is 1.22 bits per heavy atom. The van der Waals surface area contributed by atoms with Crippen LogP contribution in [0.4, 0.5) is 21.7 Å². The minimum Gasteiger partial charge on any atom is -0.489 e. The van der Waals surface area contributed by atoms with Gasteiger partial charge in [0, 0.05) is 52.5 Å². The third-order valence-corrected chi connectivity index (χ3v) is 8.24. The molecule has 1 aromatic carbocycles. The molecule has 2 aliphatic heterocycles. The van der Waals surface area contributed by atoms with E-state index in [-0.39, 0.29) is 58.4 Å². The predicted molar refractivity (Wildman–Crippen MR) is 162 cm³/mol. The van der Waals surface area contributed by atoms with Crippen LogP contribution in [0.25, 0.3) is 11.3 Å². The van der Waals surface area contributed by atoms with E-state index in [2.05, 4.69) is 20.8 Å². The molecule has 1 fully saturated rings. The van der Waals surface area contributed by atoms with Crippen molar-refractivity contribution in [1.29, 1.82) is 0 Å². The van der Waals surface area contributed by atoms with Crippen LogP contribution in [-0.4, -0.2) is 85.0 Å². The van der Waals surface area contributed by atoms with Gasteiger partial charge in [-0.2, -0.15) is 0 Å². The number of benzene rings is 1. The first-order valence-corrected chi connectivity index (χ1v) is 14.0. The van der Waals surface area contributed by atoms with Crippen molar-refractivity contribution in [2.24, 2.45) is 0 Å². The number of amides is 2. The fraction of sp³-hybridized carbons (Fsp3) is 0.310. The molecule has 2 amide bonds. The van der Waals surface area contributed by atoms with E-state index >= 15 is 4.39 Å². The Labute approximate surface area is 245 Å². The number of halogens is 2. The minimum absolute atomic E-state index is 0.0360. The number of fused-ring (bicyclic) bond motifs is 2. The molecule has 2 aromatic heterocycles. The lowest BCUT2D eigenvalue weighted by molar-refractivity contribution is -0.128. The molecular formula is C29H31ClFN6O3P. The van der Waals surface area contributed by atoms with Gasteiger partial charge in [-0.25, -0.2) is 14.4 Å². The van der Waals surface area contributed by atoms with Gasteiger partial charge < -0.3 is 24.3 Å². The summed E-state index contributed by atoms with van der Waals surface area (Å²) in [5, 5.41) is 0.587. The van der Waals surface area contributed by atoms with E-state index in [9.17, 15) is 9.59 Å². The van der Waals surface area contributed by atoms with E-state index in [0.717, 1.165) is 11.3 Å². The maximum atomic E-state index is 15.3. The van der Waals surface area contributed by atoms with Crippen molar-refractivity contribution in [3.63, 3.8) is 0 Å². The van der Waals surface area contributed by atoms with Gasteiger partial charge in [-0.05, 0) is 36.0 Å². The van der Waals surface area contributed by atoms with E-state index in [4.69, 9.17) is 21.3 Å². The van der Waals surface area contributed by atoms with Gasteiger partial charge in [-0.1, -0.05) is 30.3 Å². The van der Waals surface area contributed by atoms with Crippen LogP contribution in [0.1, 0.15) is 15.9 Å². The van der Waals surface area contributed by atoms with Gasteiger partial charge >= 0.3 is 0 Å². The number of rotatable bonds is 5. The number of anilines is 3. The molecule has 2 aliphatic rings.